The van der Waals surface area contributed by atoms with Crippen LogP contribution in [0.25, 0.3) is 0 Å². The summed E-state index contributed by atoms with van der Waals surface area (Å²) < 4.78 is 13.4. The number of oxazole rings is 1. The van der Waals surface area contributed by atoms with Gasteiger partial charge in [-0.3, -0.25) is 15.1 Å². The van der Waals surface area contributed by atoms with Crippen molar-refractivity contribution < 1.29 is 13.4 Å². The number of benzene rings is 1. The zero-order chi connectivity index (χ0) is 50.2. The average Bonchev–Trinajstić information content (AvgIpc) is 4.35. The molecule has 71 heavy (non-hydrogen) atoms. The molecule has 3 aliphatic heterocycles. The maximum Gasteiger partial charge on any atom is 0.180 e. The average molecular weight is 999 g/mol. The van der Waals surface area contributed by atoms with E-state index in [1.165, 1.54) is 25.2 Å². The lowest BCUT2D eigenvalue weighted by Gasteiger charge is -2.11. The molecule has 3 aliphatic rings. The van der Waals surface area contributed by atoms with Crippen molar-refractivity contribution in [3.05, 3.63) is 249 Å². The summed E-state index contributed by atoms with van der Waals surface area (Å²) in [4.78, 5) is 18.4. The van der Waals surface area contributed by atoms with Crippen molar-refractivity contribution in [1.29, 1.82) is 0 Å². The number of aromatic nitrogens is 11. The molecular formula is C50H62N16O3S2. The summed E-state index contributed by atoms with van der Waals surface area (Å²) in [6.45, 7) is 5.54. The highest BCUT2D eigenvalue weighted by Crippen LogP contribution is 1.92. The molecule has 0 radical (unpaired) electrons. The van der Waals surface area contributed by atoms with E-state index in [1.54, 1.807) is 121 Å². The highest BCUT2D eigenvalue weighted by Gasteiger charge is 1.91. The second-order valence-corrected chi connectivity index (χ2v) is 13.6. The topological polar surface area (TPSA) is 248 Å². The minimum absolute atomic E-state index is 0.983. The maximum absolute atomic E-state index is 4.58. The normalized spacial score (nSPS) is 11.0. The van der Waals surface area contributed by atoms with E-state index in [1.807, 2.05) is 132 Å². The fraction of sp³-hybridized carbons (Fsp3) is 0.140. The van der Waals surface area contributed by atoms with Crippen LogP contribution in [0.3, 0.4) is 0 Å². The molecule has 5 N–H and O–H groups in total. The Hall–Kier alpha value is -8.63. The van der Waals surface area contributed by atoms with Gasteiger partial charge in [-0.15, -0.1) is 11.3 Å². The minimum atomic E-state index is 0.983. The van der Waals surface area contributed by atoms with Gasteiger partial charge in [-0.05, 0) is 78.3 Å². The van der Waals surface area contributed by atoms with Gasteiger partial charge < -0.3 is 29.3 Å². The van der Waals surface area contributed by atoms with E-state index < -0.39 is 0 Å². The Morgan fingerprint density at radius 3 is 1.30 bits per heavy atom. The third-order valence-corrected chi connectivity index (χ3v) is 7.80. The van der Waals surface area contributed by atoms with Gasteiger partial charge >= 0.3 is 0 Å². The van der Waals surface area contributed by atoms with Crippen LogP contribution in [0.4, 0.5) is 0 Å². The summed E-state index contributed by atoms with van der Waals surface area (Å²) in [5.41, 5.74) is 1.79. The number of H-pyrrole nitrogens is 2. The summed E-state index contributed by atoms with van der Waals surface area (Å²) in [5.74, 6) is 0. The van der Waals surface area contributed by atoms with Crippen molar-refractivity contribution in [2.75, 3.05) is 32.7 Å². The second kappa shape index (κ2) is 57.5. The molecule has 0 bridgehead atoms. The Morgan fingerprint density at radius 2 is 1.11 bits per heavy atom. The number of nitrogens with one attached hydrogen (secondary N) is 5. The number of thiazole rings is 1. The zero-order valence-electron chi connectivity index (χ0n) is 39.2. The molecule has 1 saturated heterocycles. The van der Waals surface area contributed by atoms with E-state index in [9.17, 15) is 0 Å². The number of pyridine rings is 1. The van der Waals surface area contributed by atoms with Crippen LogP contribution in [-0.4, -0.2) is 101 Å². The number of dihydropyridines is 1. The number of furan rings is 1. The van der Waals surface area contributed by atoms with E-state index in [0.717, 1.165) is 45.6 Å². The Bertz CT molecular complexity index is 1730. The lowest BCUT2D eigenvalue weighted by Crippen LogP contribution is -2.39. The first-order valence-corrected chi connectivity index (χ1v) is 23.6. The number of allylic oxidation sites excluding steroid dienone is 2. The number of nitrogens with zero attached hydrogens (tertiary/aromatic N) is 11. The molecule has 9 aromatic heterocycles. The van der Waals surface area contributed by atoms with Gasteiger partial charge in [0.15, 0.2) is 6.39 Å². The van der Waals surface area contributed by atoms with Crippen molar-refractivity contribution in [2.24, 2.45) is 10.2 Å². The highest BCUT2D eigenvalue weighted by molar-refractivity contribution is 7.07. The summed E-state index contributed by atoms with van der Waals surface area (Å²) >= 11 is 3.31. The number of hydrogen-bond acceptors (Lipinski definition) is 19. The molecule has 0 saturated carbocycles. The fourth-order valence-corrected chi connectivity index (χ4v) is 4.49. The first kappa shape index (κ1) is 60.4. The quantitative estimate of drug-likeness (QED) is 0.0949. The van der Waals surface area contributed by atoms with Crippen molar-refractivity contribution >= 4 is 35.1 Å². The standard InChI is InChI=1S/C6H6.C5H7N.C5H5N.C4H10N2.C4H4N2.C4H6N2.C4H4O.C4H4S.C3H4N2.2C3H3NO.C3H3NS.C2H3N3/c3*1-2-4-6-5-3-1;1-2-6-4-3-5-1;1-2-5-4-6-3-1;1-2-4-6-5-3-1;3*1-2-4-5-3-1;1-2-5-3-4-1;1-2-4-5-3-1;1-2-5-3-4-1;1-2-4-5-3-1/h1-6H;1-4,6H,5H2;1-5H;5-6H,1-4H2;1-4H;3-4H,1-2H2;2*1-4H;1-3H,(H,4,5);3*1-3H;1-2H,(H,3,4,5). The fourth-order valence-electron chi connectivity index (χ4n) is 3.68. The van der Waals surface area contributed by atoms with Crippen LogP contribution in [0.2, 0.25) is 0 Å². The van der Waals surface area contributed by atoms with Gasteiger partial charge in [-0.25, -0.2) is 15.0 Å². The molecule has 1 fully saturated rings. The molecule has 0 spiro atoms. The molecule has 1 aromatic carbocycles. The summed E-state index contributed by atoms with van der Waals surface area (Å²) in [7, 11) is 0. The Labute approximate surface area is 423 Å². The second-order valence-electron chi connectivity index (χ2n) is 12.0. The van der Waals surface area contributed by atoms with E-state index in [2.05, 4.69) is 101 Å². The number of hydrogen-bond donors (Lipinski definition) is 5. The number of rotatable bonds is 0. The van der Waals surface area contributed by atoms with Crippen molar-refractivity contribution in [2.45, 2.75) is 12.8 Å². The van der Waals surface area contributed by atoms with E-state index in [4.69, 9.17) is 0 Å². The summed E-state index contributed by atoms with van der Waals surface area (Å²) in [6, 6.07) is 30.8. The molecule has 0 unspecified atom stereocenters. The van der Waals surface area contributed by atoms with Gasteiger partial charge in [-0.1, -0.05) is 71.9 Å². The van der Waals surface area contributed by atoms with Crippen LogP contribution < -0.4 is 16.0 Å². The van der Waals surface area contributed by atoms with Gasteiger partial charge in [0.25, 0.3) is 0 Å². The van der Waals surface area contributed by atoms with Crippen molar-refractivity contribution in [1.82, 2.24) is 71.6 Å². The summed E-state index contributed by atoms with van der Waals surface area (Å²) in [5, 5.41) is 41.6. The van der Waals surface area contributed by atoms with E-state index in [-0.39, 0.29) is 0 Å². The predicted octanol–water partition coefficient (Wildman–Crippen LogP) is 9.65. The minimum Gasteiger partial charge on any atom is -0.473 e. The SMILES string of the molecule is C1=CCNC=C1.C1=NN=CCC1.C1CNCCN1.c1ccccc1.c1ccncc1.c1ccoc1.c1ccsc1.c1cn[nH]c1.c1cn[nH]n1.c1cncnc1.c1cnoc1.c1cocn1.c1cscn1. The smallest absolute Gasteiger partial charge is 0.180 e. The molecule has 0 aliphatic carbocycles. The molecule has 0 atom stereocenters. The highest BCUT2D eigenvalue weighted by atomic mass is 32.1. The number of thiophene rings is 1. The Morgan fingerprint density at radius 1 is 0.451 bits per heavy atom. The largest absolute Gasteiger partial charge is 0.473 e. The lowest BCUT2D eigenvalue weighted by molar-refractivity contribution is 0.420. The molecule has 19 nitrogen and oxygen atoms in total. The van der Waals surface area contributed by atoms with E-state index in [0.29, 0.717) is 0 Å². The first-order chi connectivity index (χ1) is 35.5. The first-order valence-electron chi connectivity index (χ1n) is 21.7. The molecule has 372 valence electrons. The van der Waals surface area contributed by atoms with Crippen LogP contribution in [0.15, 0.2) is 273 Å². The van der Waals surface area contributed by atoms with Gasteiger partial charge in [-0.2, -0.15) is 42.0 Å². The molecule has 12 heterocycles. The lowest BCUT2D eigenvalue weighted by atomic mass is 10.3. The predicted molar refractivity (Wildman–Crippen MR) is 284 cm³/mol. The summed E-state index contributed by atoms with van der Waals surface area (Å²) in [6.07, 6.45) is 41.3. The van der Waals surface area contributed by atoms with Crippen molar-refractivity contribution in [3.63, 3.8) is 0 Å². The number of aromatic amines is 2. The molecular weight excluding hydrogens is 937 g/mol. The van der Waals surface area contributed by atoms with Crippen LogP contribution in [0, 0.1) is 0 Å². The van der Waals surface area contributed by atoms with Crippen LogP contribution >= 0.6 is 22.7 Å². The van der Waals surface area contributed by atoms with Gasteiger partial charge in [0, 0.05) is 93.9 Å². The third-order valence-electron chi connectivity index (χ3n) is 6.65. The molecule has 21 heteroatoms. The van der Waals surface area contributed by atoms with Gasteiger partial charge in [0.05, 0.1) is 42.8 Å². The number of piperazine rings is 1. The Balaban J connectivity index is 0.000000385. The Kier molecular flexibility index (Phi) is 48.9. The van der Waals surface area contributed by atoms with Gasteiger partial charge in [0.2, 0.25) is 0 Å². The molecule has 10 aromatic rings. The van der Waals surface area contributed by atoms with Crippen LogP contribution in [0.5, 0.6) is 0 Å². The molecule has 13 rings (SSSR count). The molecule has 0 amide bonds. The van der Waals surface area contributed by atoms with Crippen molar-refractivity contribution in [3.8, 4) is 0 Å². The van der Waals surface area contributed by atoms with Gasteiger partial charge in [0.1, 0.15) is 18.9 Å². The maximum atomic E-state index is 4.58. The zero-order valence-corrected chi connectivity index (χ0v) is 40.9. The monoisotopic (exact) mass is 998 g/mol. The van der Waals surface area contributed by atoms with Crippen LogP contribution in [-0.2, 0) is 0 Å². The van der Waals surface area contributed by atoms with E-state index >= 15 is 0 Å². The van der Waals surface area contributed by atoms with Crippen LogP contribution in [0.1, 0.15) is 12.8 Å². The third kappa shape index (κ3) is 55.6.